The van der Waals surface area contributed by atoms with Gasteiger partial charge in [-0.05, 0) is 13.0 Å². The van der Waals surface area contributed by atoms with E-state index in [0.717, 1.165) is 10.4 Å². The molecule has 0 aliphatic heterocycles. The molecular formula is C14H21NO4S2. The van der Waals surface area contributed by atoms with Crippen molar-refractivity contribution >= 4 is 21.4 Å². The van der Waals surface area contributed by atoms with Crippen molar-refractivity contribution in [2.75, 3.05) is 32.6 Å². The Balaban J connectivity index is 2.58. The number of ether oxygens (including phenoxy) is 1. The van der Waals surface area contributed by atoms with E-state index in [-0.39, 0.29) is 19.0 Å². The van der Waals surface area contributed by atoms with Crippen molar-refractivity contribution in [3.8, 4) is 11.8 Å². The summed E-state index contributed by atoms with van der Waals surface area (Å²) in [5, 5.41) is 10.6. The predicted molar refractivity (Wildman–Crippen MR) is 84.6 cm³/mol. The highest BCUT2D eigenvalue weighted by molar-refractivity contribution is 7.89. The predicted octanol–water partition coefficient (Wildman–Crippen LogP) is 1.28. The average Bonchev–Trinajstić information content (AvgIpc) is 2.87. The lowest BCUT2D eigenvalue weighted by Gasteiger charge is -2.16. The van der Waals surface area contributed by atoms with Gasteiger partial charge in [-0.1, -0.05) is 11.8 Å². The van der Waals surface area contributed by atoms with Crippen LogP contribution in [0.15, 0.2) is 11.4 Å². The number of rotatable bonds is 8. The Bertz CT molecular complexity index is 584. The Labute approximate surface area is 130 Å². The SMILES string of the molecule is CCOCCS(=O)(=O)N(C)Cc1cc(C#CCCO)cs1. The van der Waals surface area contributed by atoms with Crippen molar-refractivity contribution < 1.29 is 18.3 Å². The van der Waals surface area contributed by atoms with Gasteiger partial charge in [0, 0.05) is 42.4 Å². The fourth-order valence-electron chi connectivity index (χ4n) is 1.53. The summed E-state index contributed by atoms with van der Waals surface area (Å²) in [6.07, 6.45) is 0.441. The maximum atomic E-state index is 12.0. The Hall–Kier alpha value is -0.910. The quantitative estimate of drug-likeness (QED) is 0.576. The topological polar surface area (TPSA) is 66.8 Å². The third-order valence-electron chi connectivity index (χ3n) is 2.67. The number of hydrogen-bond donors (Lipinski definition) is 1. The average molecular weight is 331 g/mol. The second-order valence-electron chi connectivity index (χ2n) is 4.35. The Kier molecular flexibility index (Phi) is 7.93. The molecule has 5 nitrogen and oxygen atoms in total. The molecule has 0 saturated heterocycles. The molecule has 0 aliphatic carbocycles. The zero-order valence-electron chi connectivity index (χ0n) is 12.3. The summed E-state index contributed by atoms with van der Waals surface area (Å²) in [6, 6.07) is 1.88. The van der Waals surface area contributed by atoms with Crippen LogP contribution in [0, 0.1) is 11.8 Å². The van der Waals surface area contributed by atoms with E-state index >= 15 is 0 Å². The summed E-state index contributed by atoms with van der Waals surface area (Å²) < 4.78 is 30.5. The molecule has 0 aromatic carbocycles. The minimum Gasteiger partial charge on any atom is -0.395 e. The van der Waals surface area contributed by atoms with Gasteiger partial charge in [0.2, 0.25) is 10.0 Å². The van der Waals surface area contributed by atoms with Crippen molar-refractivity contribution in [1.82, 2.24) is 4.31 Å². The maximum Gasteiger partial charge on any atom is 0.216 e. The fourth-order valence-corrected chi connectivity index (χ4v) is 3.46. The van der Waals surface area contributed by atoms with Gasteiger partial charge in [0.1, 0.15) is 0 Å². The van der Waals surface area contributed by atoms with E-state index in [1.54, 1.807) is 7.05 Å². The van der Waals surface area contributed by atoms with Crippen molar-refractivity contribution in [2.45, 2.75) is 19.9 Å². The van der Waals surface area contributed by atoms with Crippen molar-refractivity contribution in [3.63, 3.8) is 0 Å². The lowest BCUT2D eigenvalue weighted by Crippen LogP contribution is -2.30. The third kappa shape index (κ3) is 6.59. The molecule has 0 amide bonds. The number of aliphatic hydroxyl groups excluding tert-OH is 1. The van der Waals surface area contributed by atoms with E-state index in [1.165, 1.54) is 15.6 Å². The van der Waals surface area contributed by atoms with Crippen LogP contribution < -0.4 is 0 Å². The minimum atomic E-state index is -3.30. The van der Waals surface area contributed by atoms with Gasteiger partial charge in [-0.2, -0.15) is 4.31 Å². The molecule has 0 bridgehead atoms. The highest BCUT2D eigenvalue weighted by Crippen LogP contribution is 2.17. The molecule has 1 heterocycles. The van der Waals surface area contributed by atoms with Crippen LogP contribution in [0.3, 0.4) is 0 Å². The van der Waals surface area contributed by atoms with Gasteiger partial charge in [-0.15, -0.1) is 11.3 Å². The largest absolute Gasteiger partial charge is 0.395 e. The van der Waals surface area contributed by atoms with Gasteiger partial charge in [0.05, 0.1) is 19.0 Å². The number of hydrogen-bond acceptors (Lipinski definition) is 5. The van der Waals surface area contributed by atoms with Crippen LogP contribution in [-0.4, -0.2) is 50.5 Å². The molecule has 118 valence electrons. The highest BCUT2D eigenvalue weighted by atomic mass is 32.2. The van der Waals surface area contributed by atoms with Crippen molar-refractivity contribution in [3.05, 3.63) is 21.9 Å². The normalized spacial score (nSPS) is 11.4. The standard InChI is InChI=1S/C14H21NO4S2/c1-3-19-8-9-21(17,18)15(2)11-14-10-13(12-20-14)6-4-5-7-16/h10,12,16H,3,5,7-9,11H2,1-2H3. The van der Waals surface area contributed by atoms with E-state index in [4.69, 9.17) is 9.84 Å². The van der Waals surface area contributed by atoms with Crippen LogP contribution in [0.4, 0.5) is 0 Å². The van der Waals surface area contributed by atoms with E-state index in [2.05, 4.69) is 11.8 Å². The second-order valence-corrected chi connectivity index (χ2v) is 7.54. The number of thiophene rings is 1. The number of aliphatic hydroxyl groups is 1. The first kappa shape index (κ1) is 18.1. The molecule has 0 atom stereocenters. The summed E-state index contributed by atoms with van der Waals surface area (Å²) in [5.74, 6) is 5.77. The van der Waals surface area contributed by atoms with Crippen LogP contribution in [-0.2, 0) is 21.3 Å². The smallest absolute Gasteiger partial charge is 0.216 e. The first-order valence-electron chi connectivity index (χ1n) is 6.68. The lowest BCUT2D eigenvalue weighted by molar-refractivity contribution is 0.162. The van der Waals surface area contributed by atoms with Gasteiger partial charge >= 0.3 is 0 Å². The van der Waals surface area contributed by atoms with Crippen LogP contribution in [0.25, 0.3) is 0 Å². The molecule has 21 heavy (non-hydrogen) atoms. The van der Waals surface area contributed by atoms with E-state index in [9.17, 15) is 8.42 Å². The molecular weight excluding hydrogens is 310 g/mol. The summed E-state index contributed by atoms with van der Waals surface area (Å²) in [5.41, 5.74) is 0.851. The molecule has 1 aromatic heterocycles. The van der Waals surface area contributed by atoms with Crippen LogP contribution in [0.5, 0.6) is 0 Å². The summed E-state index contributed by atoms with van der Waals surface area (Å²) >= 11 is 1.48. The molecule has 1 rings (SSSR count). The number of nitrogens with zero attached hydrogens (tertiary/aromatic N) is 1. The van der Waals surface area contributed by atoms with Crippen LogP contribution in [0.2, 0.25) is 0 Å². The Morgan fingerprint density at radius 1 is 1.48 bits per heavy atom. The molecule has 0 radical (unpaired) electrons. The molecule has 0 unspecified atom stereocenters. The summed E-state index contributed by atoms with van der Waals surface area (Å²) in [4.78, 5) is 0.936. The first-order chi connectivity index (χ1) is 9.99. The molecule has 0 spiro atoms. The summed E-state index contributed by atoms with van der Waals surface area (Å²) in [6.45, 7) is 2.94. The van der Waals surface area contributed by atoms with Crippen molar-refractivity contribution in [1.29, 1.82) is 0 Å². The molecule has 7 heteroatoms. The minimum absolute atomic E-state index is 0.00806. The molecule has 1 aromatic rings. The molecule has 0 fully saturated rings. The summed E-state index contributed by atoms with van der Waals surface area (Å²) in [7, 11) is -1.73. The Morgan fingerprint density at radius 3 is 2.90 bits per heavy atom. The lowest BCUT2D eigenvalue weighted by atomic mass is 10.3. The van der Waals surface area contributed by atoms with Gasteiger partial charge in [-0.25, -0.2) is 8.42 Å². The number of sulfonamides is 1. The Morgan fingerprint density at radius 2 is 2.24 bits per heavy atom. The zero-order valence-corrected chi connectivity index (χ0v) is 14.0. The van der Waals surface area contributed by atoms with Crippen LogP contribution in [0.1, 0.15) is 23.8 Å². The second kappa shape index (κ2) is 9.18. The van der Waals surface area contributed by atoms with Crippen molar-refractivity contribution in [2.24, 2.45) is 0 Å². The first-order valence-corrected chi connectivity index (χ1v) is 9.17. The molecule has 1 N–H and O–H groups in total. The van der Waals surface area contributed by atoms with Gasteiger partial charge in [0.25, 0.3) is 0 Å². The van der Waals surface area contributed by atoms with Gasteiger partial charge < -0.3 is 9.84 Å². The van der Waals surface area contributed by atoms with Gasteiger partial charge in [0.15, 0.2) is 0 Å². The van der Waals surface area contributed by atoms with Gasteiger partial charge in [-0.3, -0.25) is 0 Å². The van der Waals surface area contributed by atoms with E-state index in [0.29, 0.717) is 19.6 Å². The molecule has 0 saturated carbocycles. The zero-order chi connectivity index (χ0) is 15.7. The fraction of sp³-hybridized carbons (Fsp3) is 0.571. The van der Waals surface area contributed by atoms with E-state index < -0.39 is 10.0 Å². The third-order valence-corrected chi connectivity index (χ3v) is 5.35. The maximum absolute atomic E-state index is 12.0. The monoisotopic (exact) mass is 331 g/mol. The van der Waals surface area contributed by atoms with E-state index in [1.807, 2.05) is 18.4 Å². The highest BCUT2D eigenvalue weighted by Gasteiger charge is 2.18. The molecule has 0 aliphatic rings. The van der Waals surface area contributed by atoms with Crippen LogP contribution >= 0.6 is 11.3 Å².